The summed E-state index contributed by atoms with van der Waals surface area (Å²) in [5.74, 6) is 0. The molecule has 5 nitrogen and oxygen atoms in total. The third-order valence-corrected chi connectivity index (χ3v) is 3.30. The molecule has 18 heavy (non-hydrogen) atoms. The molecule has 7 heteroatoms. The van der Waals surface area contributed by atoms with E-state index >= 15 is 0 Å². The maximum atomic E-state index is 13.9. The highest BCUT2D eigenvalue weighted by molar-refractivity contribution is 6.30. The van der Waals surface area contributed by atoms with E-state index in [4.69, 9.17) is 16.7 Å². The zero-order chi connectivity index (χ0) is 13.3. The maximum absolute atomic E-state index is 13.9. The van der Waals surface area contributed by atoms with E-state index in [-0.39, 0.29) is 23.7 Å². The van der Waals surface area contributed by atoms with Crippen molar-refractivity contribution >= 4 is 23.0 Å². The van der Waals surface area contributed by atoms with Crippen LogP contribution in [0.3, 0.4) is 0 Å². The van der Waals surface area contributed by atoms with E-state index in [1.807, 2.05) is 0 Å². The normalized spacial score (nSPS) is 23.4. The predicted octanol–water partition coefficient (Wildman–Crippen LogP) is 2.16. The van der Waals surface area contributed by atoms with Crippen LogP contribution in [0.2, 0.25) is 5.02 Å². The number of halogens is 2. The molecule has 0 amide bonds. The molecule has 0 aromatic heterocycles. The van der Waals surface area contributed by atoms with E-state index in [0.29, 0.717) is 12.2 Å². The van der Waals surface area contributed by atoms with Gasteiger partial charge in [-0.05, 0) is 12.1 Å². The Labute approximate surface area is 108 Å². The Bertz CT molecular complexity index is 485. The van der Waals surface area contributed by atoms with Crippen LogP contribution in [0.25, 0.3) is 0 Å². The fraction of sp³-hybridized carbons (Fsp3) is 0.455. The molecule has 1 aliphatic heterocycles. The third-order valence-electron chi connectivity index (χ3n) is 3.06. The fourth-order valence-corrected chi connectivity index (χ4v) is 2.25. The van der Waals surface area contributed by atoms with Crippen LogP contribution in [0, 0.1) is 10.1 Å². The van der Waals surface area contributed by atoms with Crippen molar-refractivity contribution in [3.8, 4) is 0 Å². The summed E-state index contributed by atoms with van der Waals surface area (Å²) < 4.78 is 13.9. The molecule has 0 spiro atoms. The van der Waals surface area contributed by atoms with Crippen molar-refractivity contribution in [1.29, 1.82) is 0 Å². The average Bonchev–Trinajstić information content (AvgIpc) is 2.72. The monoisotopic (exact) mass is 274 g/mol. The Kier molecular flexibility index (Phi) is 3.41. The Morgan fingerprint density at radius 2 is 2.33 bits per heavy atom. The summed E-state index contributed by atoms with van der Waals surface area (Å²) in [4.78, 5) is 12.0. The van der Waals surface area contributed by atoms with Gasteiger partial charge >= 0.3 is 0 Å². The number of nitro groups is 1. The zero-order valence-corrected chi connectivity index (χ0v) is 10.2. The number of benzene rings is 1. The minimum absolute atomic E-state index is 0.0496. The minimum atomic E-state index is -1.69. The first-order valence-corrected chi connectivity index (χ1v) is 5.82. The summed E-state index contributed by atoms with van der Waals surface area (Å²) >= 11 is 5.71. The number of rotatable bonds is 3. The van der Waals surface area contributed by atoms with E-state index in [9.17, 15) is 14.5 Å². The highest BCUT2D eigenvalue weighted by Gasteiger charge is 2.39. The fourth-order valence-electron chi connectivity index (χ4n) is 2.08. The van der Waals surface area contributed by atoms with E-state index in [0.717, 1.165) is 0 Å². The Morgan fingerprint density at radius 1 is 1.61 bits per heavy atom. The Morgan fingerprint density at radius 3 is 2.89 bits per heavy atom. The van der Waals surface area contributed by atoms with Crippen molar-refractivity contribution in [2.24, 2.45) is 0 Å². The van der Waals surface area contributed by atoms with Gasteiger partial charge in [0.05, 0.1) is 18.1 Å². The van der Waals surface area contributed by atoms with Gasteiger partial charge in [0.25, 0.3) is 5.69 Å². The molecule has 0 radical (unpaired) electrons. The lowest BCUT2D eigenvalue weighted by molar-refractivity contribution is -0.384. The first-order valence-electron chi connectivity index (χ1n) is 5.44. The van der Waals surface area contributed by atoms with Crippen LogP contribution < -0.4 is 4.90 Å². The lowest BCUT2D eigenvalue weighted by atomic mass is 10.1. The van der Waals surface area contributed by atoms with Crippen LogP contribution >= 0.6 is 11.6 Å². The molecule has 1 aromatic carbocycles. The third kappa shape index (κ3) is 2.39. The summed E-state index contributed by atoms with van der Waals surface area (Å²) in [5.41, 5.74) is -1.50. The smallest absolute Gasteiger partial charge is 0.294 e. The predicted molar refractivity (Wildman–Crippen MR) is 65.9 cm³/mol. The number of anilines is 1. The Hall–Kier alpha value is -1.40. The topological polar surface area (TPSA) is 66.6 Å². The van der Waals surface area contributed by atoms with Gasteiger partial charge in [-0.3, -0.25) is 10.1 Å². The highest BCUT2D eigenvalue weighted by Crippen LogP contribution is 2.36. The summed E-state index contributed by atoms with van der Waals surface area (Å²) in [6.07, 6.45) is 0.156. The molecule has 1 N–H and O–H groups in total. The molecular weight excluding hydrogens is 263 g/mol. The first-order chi connectivity index (χ1) is 8.45. The molecule has 98 valence electrons. The van der Waals surface area contributed by atoms with Crippen molar-refractivity contribution in [2.45, 2.75) is 12.1 Å². The molecule has 1 aromatic rings. The van der Waals surface area contributed by atoms with Crippen LogP contribution in [0.15, 0.2) is 18.2 Å². The van der Waals surface area contributed by atoms with Gasteiger partial charge in [-0.1, -0.05) is 11.6 Å². The minimum Gasteiger partial charge on any atom is -0.393 e. The number of hydrogen-bond acceptors (Lipinski definition) is 4. The SMILES string of the molecule is O=[N+]([O-])c1cc(Cl)ccc1N1CCC(F)(CO)C1. The second-order valence-corrected chi connectivity index (χ2v) is 4.81. The van der Waals surface area contributed by atoms with Gasteiger partial charge in [0.15, 0.2) is 5.67 Å². The van der Waals surface area contributed by atoms with Gasteiger partial charge in [0.1, 0.15) is 5.69 Å². The van der Waals surface area contributed by atoms with Gasteiger partial charge in [-0.25, -0.2) is 4.39 Å². The number of aliphatic hydroxyl groups is 1. The molecule has 2 rings (SSSR count). The van der Waals surface area contributed by atoms with E-state index in [2.05, 4.69) is 0 Å². The van der Waals surface area contributed by atoms with Gasteiger partial charge in [0.2, 0.25) is 0 Å². The second kappa shape index (κ2) is 4.70. The van der Waals surface area contributed by atoms with Crippen molar-refractivity contribution in [3.05, 3.63) is 33.3 Å². The second-order valence-electron chi connectivity index (χ2n) is 4.37. The number of alkyl halides is 1. The molecule has 1 saturated heterocycles. The first kappa shape index (κ1) is 13.0. The van der Waals surface area contributed by atoms with Crippen molar-refractivity contribution in [3.63, 3.8) is 0 Å². The van der Waals surface area contributed by atoms with Crippen molar-refractivity contribution in [2.75, 3.05) is 24.6 Å². The average molecular weight is 275 g/mol. The lowest BCUT2D eigenvalue weighted by Crippen LogP contribution is -2.32. The number of hydrogen-bond donors (Lipinski definition) is 1. The quantitative estimate of drug-likeness (QED) is 0.677. The van der Waals surface area contributed by atoms with Crippen molar-refractivity contribution < 1.29 is 14.4 Å². The number of aliphatic hydroxyl groups excluding tert-OH is 1. The van der Waals surface area contributed by atoms with Crippen LogP contribution in [-0.2, 0) is 0 Å². The number of nitrogens with zero attached hydrogens (tertiary/aromatic N) is 2. The van der Waals surface area contributed by atoms with E-state index < -0.39 is 17.2 Å². The largest absolute Gasteiger partial charge is 0.393 e. The molecule has 0 aliphatic carbocycles. The molecule has 1 heterocycles. The van der Waals surface area contributed by atoms with E-state index in [1.165, 1.54) is 18.2 Å². The Balaban J connectivity index is 2.32. The lowest BCUT2D eigenvalue weighted by Gasteiger charge is -2.20. The van der Waals surface area contributed by atoms with E-state index in [1.54, 1.807) is 4.90 Å². The van der Waals surface area contributed by atoms with Crippen LogP contribution in [0.5, 0.6) is 0 Å². The van der Waals surface area contributed by atoms with Crippen LogP contribution in [0.4, 0.5) is 15.8 Å². The van der Waals surface area contributed by atoms with Gasteiger partial charge in [-0.2, -0.15) is 0 Å². The summed E-state index contributed by atoms with van der Waals surface area (Å²) in [7, 11) is 0. The van der Waals surface area contributed by atoms with Crippen molar-refractivity contribution in [1.82, 2.24) is 0 Å². The molecule has 1 fully saturated rings. The standard InChI is InChI=1S/C11H12ClFN2O3/c12-8-1-2-9(10(5-8)15(17)18)14-4-3-11(13,6-14)7-16/h1-2,5,16H,3-4,6-7H2. The molecule has 1 unspecified atom stereocenters. The number of nitro benzene ring substituents is 1. The summed E-state index contributed by atoms with van der Waals surface area (Å²) in [5, 5.41) is 20.2. The summed E-state index contributed by atoms with van der Waals surface area (Å²) in [6.45, 7) is -0.295. The van der Waals surface area contributed by atoms with Crippen LogP contribution in [0.1, 0.15) is 6.42 Å². The molecule has 1 atom stereocenters. The molecular formula is C11H12ClFN2O3. The van der Waals surface area contributed by atoms with Gasteiger partial charge < -0.3 is 10.0 Å². The summed E-state index contributed by atoms with van der Waals surface area (Å²) in [6, 6.07) is 4.28. The molecule has 0 saturated carbocycles. The maximum Gasteiger partial charge on any atom is 0.294 e. The highest BCUT2D eigenvalue weighted by atomic mass is 35.5. The van der Waals surface area contributed by atoms with Gasteiger partial charge in [0, 0.05) is 24.1 Å². The molecule has 1 aliphatic rings. The zero-order valence-electron chi connectivity index (χ0n) is 9.47. The van der Waals surface area contributed by atoms with Gasteiger partial charge in [-0.15, -0.1) is 0 Å². The van der Waals surface area contributed by atoms with Crippen LogP contribution in [-0.4, -0.2) is 35.4 Å². The molecule has 0 bridgehead atoms.